The van der Waals surface area contributed by atoms with Gasteiger partial charge in [-0.15, -0.1) is 11.8 Å². The highest BCUT2D eigenvalue weighted by Gasteiger charge is 2.17. The standard InChI is InChI=1S/C18H15FO3S/c19-14-4-2-1-3-13(14)16(21)7-6-15(20)12-5-8-18-17(11-12)22-9-10-23-18/h1-5,8,11H,6-7,9-10H2. The highest BCUT2D eigenvalue weighted by atomic mass is 32.2. The van der Waals surface area contributed by atoms with Crippen LogP contribution < -0.4 is 4.74 Å². The lowest BCUT2D eigenvalue weighted by molar-refractivity contribution is 0.0915. The maximum Gasteiger partial charge on any atom is 0.166 e. The quantitative estimate of drug-likeness (QED) is 0.772. The number of thioether (sulfide) groups is 1. The summed E-state index contributed by atoms with van der Waals surface area (Å²) in [4.78, 5) is 25.3. The molecule has 0 N–H and O–H groups in total. The third-order valence-electron chi connectivity index (χ3n) is 3.62. The molecule has 2 aromatic carbocycles. The first-order valence-corrected chi connectivity index (χ1v) is 8.34. The Hall–Kier alpha value is -2.14. The van der Waals surface area contributed by atoms with Crippen molar-refractivity contribution in [3.63, 3.8) is 0 Å². The summed E-state index contributed by atoms with van der Waals surface area (Å²) < 4.78 is 19.1. The number of Topliss-reactive ketones (excluding diaryl/α,β-unsaturated/α-hetero) is 2. The molecule has 3 nitrogen and oxygen atoms in total. The second-order valence-corrected chi connectivity index (χ2v) is 6.32. The van der Waals surface area contributed by atoms with Gasteiger partial charge in [0.2, 0.25) is 0 Å². The van der Waals surface area contributed by atoms with Gasteiger partial charge in [-0.25, -0.2) is 4.39 Å². The Labute approximate surface area is 137 Å². The van der Waals surface area contributed by atoms with Crippen molar-refractivity contribution in [1.82, 2.24) is 0 Å². The number of halogens is 1. The first kappa shape index (κ1) is 15.7. The van der Waals surface area contributed by atoms with Crippen LogP contribution in [0.4, 0.5) is 4.39 Å². The topological polar surface area (TPSA) is 43.4 Å². The van der Waals surface area contributed by atoms with Crippen molar-refractivity contribution in [2.24, 2.45) is 0 Å². The Kier molecular flexibility index (Phi) is 4.76. The number of ether oxygens (including phenoxy) is 1. The molecule has 0 spiro atoms. The van der Waals surface area contributed by atoms with Gasteiger partial charge in [-0.2, -0.15) is 0 Å². The average molecular weight is 330 g/mol. The number of fused-ring (bicyclic) bond motifs is 1. The van der Waals surface area contributed by atoms with Crippen LogP contribution in [0.5, 0.6) is 5.75 Å². The van der Waals surface area contributed by atoms with E-state index < -0.39 is 5.82 Å². The second-order valence-electron chi connectivity index (χ2n) is 5.18. The predicted molar refractivity (Wildman–Crippen MR) is 87.0 cm³/mol. The number of carbonyl (C=O) groups excluding carboxylic acids is 2. The molecule has 0 unspecified atom stereocenters. The van der Waals surface area contributed by atoms with Crippen molar-refractivity contribution in [3.8, 4) is 5.75 Å². The van der Waals surface area contributed by atoms with Crippen molar-refractivity contribution >= 4 is 23.3 Å². The van der Waals surface area contributed by atoms with Crippen molar-refractivity contribution in [3.05, 3.63) is 59.4 Å². The van der Waals surface area contributed by atoms with Gasteiger partial charge in [0.1, 0.15) is 11.6 Å². The number of hydrogen-bond donors (Lipinski definition) is 0. The van der Waals surface area contributed by atoms with E-state index in [1.165, 1.54) is 18.2 Å². The summed E-state index contributed by atoms with van der Waals surface area (Å²) >= 11 is 1.69. The zero-order chi connectivity index (χ0) is 16.2. The van der Waals surface area contributed by atoms with E-state index >= 15 is 0 Å². The Bertz CT molecular complexity index is 758. The molecule has 1 aliphatic rings. The summed E-state index contributed by atoms with van der Waals surface area (Å²) in [5.74, 6) is 0.562. The zero-order valence-corrected chi connectivity index (χ0v) is 13.2. The third kappa shape index (κ3) is 3.62. The van der Waals surface area contributed by atoms with Crippen molar-refractivity contribution in [2.75, 3.05) is 12.4 Å². The molecule has 0 amide bonds. The van der Waals surface area contributed by atoms with Gasteiger partial charge >= 0.3 is 0 Å². The van der Waals surface area contributed by atoms with E-state index in [0.29, 0.717) is 17.9 Å². The fourth-order valence-corrected chi connectivity index (χ4v) is 3.22. The molecule has 2 aromatic rings. The van der Waals surface area contributed by atoms with E-state index in [2.05, 4.69) is 0 Å². The van der Waals surface area contributed by atoms with Crippen LogP contribution in [-0.2, 0) is 0 Å². The van der Waals surface area contributed by atoms with Crippen LogP contribution in [0.15, 0.2) is 47.4 Å². The molecule has 0 saturated heterocycles. The zero-order valence-electron chi connectivity index (χ0n) is 12.4. The Morgan fingerprint density at radius 1 is 1.09 bits per heavy atom. The van der Waals surface area contributed by atoms with E-state index in [1.54, 1.807) is 30.0 Å². The smallest absolute Gasteiger partial charge is 0.166 e. The number of hydrogen-bond acceptors (Lipinski definition) is 4. The minimum Gasteiger partial charge on any atom is -0.492 e. The molecule has 1 heterocycles. The molecule has 0 atom stereocenters. The van der Waals surface area contributed by atoms with Gasteiger partial charge in [-0.3, -0.25) is 9.59 Å². The van der Waals surface area contributed by atoms with Gasteiger partial charge in [-0.1, -0.05) is 18.2 Å². The Balaban J connectivity index is 1.66. The van der Waals surface area contributed by atoms with E-state index in [9.17, 15) is 14.0 Å². The molecule has 0 aliphatic carbocycles. The van der Waals surface area contributed by atoms with E-state index in [1.807, 2.05) is 6.07 Å². The summed E-state index contributed by atoms with van der Waals surface area (Å²) in [6, 6.07) is 11.2. The average Bonchev–Trinajstić information content (AvgIpc) is 2.59. The van der Waals surface area contributed by atoms with E-state index in [-0.39, 0.29) is 30.0 Å². The van der Waals surface area contributed by atoms with Gasteiger partial charge < -0.3 is 4.74 Å². The maximum atomic E-state index is 13.6. The molecule has 0 saturated carbocycles. The Morgan fingerprint density at radius 3 is 2.70 bits per heavy atom. The van der Waals surface area contributed by atoms with Crippen LogP contribution >= 0.6 is 11.8 Å². The van der Waals surface area contributed by atoms with Crippen LogP contribution in [0.1, 0.15) is 33.6 Å². The first-order chi connectivity index (χ1) is 11.1. The normalized spacial score (nSPS) is 13.1. The third-order valence-corrected chi connectivity index (χ3v) is 4.64. The molecule has 0 radical (unpaired) electrons. The summed E-state index contributed by atoms with van der Waals surface area (Å²) in [5, 5.41) is 0. The van der Waals surface area contributed by atoms with Gasteiger partial charge in [0.25, 0.3) is 0 Å². The number of carbonyl (C=O) groups is 2. The van der Waals surface area contributed by atoms with Gasteiger partial charge in [0, 0.05) is 29.1 Å². The molecule has 0 aromatic heterocycles. The minimum absolute atomic E-state index is 0.00748. The highest BCUT2D eigenvalue weighted by Crippen LogP contribution is 2.34. The largest absolute Gasteiger partial charge is 0.492 e. The molecule has 0 bridgehead atoms. The molecule has 0 fully saturated rings. The van der Waals surface area contributed by atoms with Gasteiger partial charge in [0.15, 0.2) is 11.6 Å². The molecule has 3 rings (SSSR count). The second kappa shape index (κ2) is 6.96. The summed E-state index contributed by atoms with van der Waals surface area (Å²) in [5.41, 5.74) is 0.554. The first-order valence-electron chi connectivity index (χ1n) is 7.36. The fourth-order valence-electron chi connectivity index (χ4n) is 2.41. The fraction of sp³-hybridized carbons (Fsp3) is 0.222. The van der Waals surface area contributed by atoms with Crippen molar-refractivity contribution < 1.29 is 18.7 Å². The lowest BCUT2D eigenvalue weighted by Gasteiger charge is -2.17. The molecule has 1 aliphatic heterocycles. The number of benzene rings is 2. The van der Waals surface area contributed by atoms with Crippen LogP contribution in [0.25, 0.3) is 0 Å². The van der Waals surface area contributed by atoms with Crippen LogP contribution in [0.3, 0.4) is 0 Å². The van der Waals surface area contributed by atoms with Crippen molar-refractivity contribution in [2.45, 2.75) is 17.7 Å². The lowest BCUT2D eigenvalue weighted by atomic mass is 10.0. The monoisotopic (exact) mass is 330 g/mol. The SMILES string of the molecule is O=C(CCC(=O)c1ccccc1F)c1ccc2c(c1)OCCS2. The summed E-state index contributed by atoms with van der Waals surface area (Å²) in [6.07, 6.45) is 0.0472. The van der Waals surface area contributed by atoms with E-state index in [4.69, 9.17) is 4.74 Å². The molecule has 23 heavy (non-hydrogen) atoms. The summed E-state index contributed by atoms with van der Waals surface area (Å²) in [6.45, 7) is 0.626. The van der Waals surface area contributed by atoms with Crippen molar-refractivity contribution in [1.29, 1.82) is 0 Å². The highest BCUT2D eigenvalue weighted by molar-refractivity contribution is 7.99. The molecular weight excluding hydrogens is 315 g/mol. The predicted octanol–water partition coefficient (Wildman–Crippen LogP) is 4.16. The number of rotatable bonds is 5. The number of ketones is 2. The van der Waals surface area contributed by atoms with Crippen LogP contribution in [0.2, 0.25) is 0 Å². The van der Waals surface area contributed by atoms with Gasteiger partial charge in [0.05, 0.1) is 12.2 Å². The van der Waals surface area contributed by atoms with Gasteiger partial charge in [-0.05, 0) is 24.3 Å². The summed E-state index contributed by atoms with van der Waals surface area (Å²) in [7, 11) is 0. The lowest BCUT2D eigenvalue weighted by Crippen LogP contribution is -2.09. The minimum atomic E-state index is -0.552. The van der Waals surface area contributed by atoms with Crippen LogP contribution in [0, 0.1) is 5.82 Å². The van der Waals surface area contributed by atoms with E-state index in [0.717, 1.165) is 10.6 Å². The molecule has 118 valence electrons. The molecular formula is C18H15FO3S. The van der Waals surface area contributed by atoms with Crippen LogP contribution in [-0.4, -0.2) is 23.9 Å². The molecule has 5 heteroatoms. The maximum absolute atomic E-state index is 13.6. The Morgan fingerprint density at radius 2 is 1.87 bits per heavy atom.